The molecular weight excluding hydrogens is 268 g/mol. The Labute approximate surface area is 123 Å². The quantitative estimate of drug-likeness (QED) is 0.826. The van der Waals surface area contributed by atoms with E-state index in [0.29, 0.717) is 12.2 Å². The molecule has 0 aliphatic heterocycles. The third-order valence-corrected chi connectivity index (χ3v) is 3.17. The zero-order valence-corrected chi connectivity index (χ0v) is 12.5. The Bertz CT molecular complexity index is 670. The van der Waals surface area contributed by atoms with Crippen LogP contribution in [0.25, 0.3) is 5.52 Å². The van der Waals surface area contributed by atoms with E-state index in [9.17, 15) is 9.90 Å². The highest BCUT2D eigenvalue weighted by molar-refractivity contribution is 5.80. The molecule has 2 heterocycles. The lowest BCUT2D eigenvalue weighted by Gasteiger charge is -2.14. The van der Waals surface area contributed by atoms with Crippen LogP contribution in [0.4, 0.5) is 5.82 Å². The molecule has 0 aliphatic carbocycles. The maximum absolute atomic E-state index is 11.2. The maximum atomic E-state index is 11.2. The van der Waals surface area contributed by atoms with Crippen LogP contribution in [0.3, 0.4) is 0 Å². The number of aromatic nitrogens is 3. The summed E-state index contributed by atoms with van der Waals surface area (Å²) in [7, 11) is 0. The van der Waals surface area contributed by atoms with Crippen LogP contribution >= 0.6 is 0 Å². The number of carboxylic acid groups (broad SMARTS) is 1. The van der Waals surface area contributed by atoms with Gasteiger partial charge in [-0.2, -0.15) is 5.10 Å². The molecule has 0 aromatic carbocycles. The standard InChI is InChI=1S/C15H20N4O2/c1-5-6-10(14(20)21)17-13-11-9-12(15(2,3)4)18-19(11)8-7-16-13/h5,7-10H,1,6H2,2-4H3,(H,16,17)(H,20,21). The third kappa shape index (κ3) is 3.21. The number of fused-ring (bicyclic) bond motifs is 1. The number of hydrogen-bond acceptors (Lipinski definition) is 4. The SMILES string of the molecule is C=CCC(Nc1nccn2nc(C(C)(C)C)cc12)C(=O)O. The van der Waals surface area contributed by atoms with Gasteiger partial charge in [0, 0.05) is 17.8 Å². The first kappa shape index (κ1) is 15.0. The van der Waals surface area contributed by atoms with E-state index < -0.39 is 12.0 Å². The Morgan fingerprint density at radius 1 is 1.57 bits per heavy atom. The third-order valence-electron chi connectivity index (χ3n) is 3.17. The summed E-state index contributed by atoms with van der Waals surface area (Å²) in [5, 5.41) is 16.7. The maximum Gasteiger partial charge on any atom is 0.326 e. The molecule has 0 spiro atoms. The fourth-order valence-corrected chi connectivity index (χ4v) is 1.95. The Morgan fingerprint density at radius 2 is 2.29 bits per heavy atom. The lowest BCUT2D eigenvalue weighted by Crippen LogP contribution is -2.29. The first-order valence-corrected chi connectivity index (χ1v) is 6.78. The summed E-state index contributed by atoms with van der Waals surface area (Å²) < 4.78 is 1.71. The second kappa shape index (κ2) is 5.55. The average molecular weight is 288 g/mol. The van der Waals surface area contributed by atoms with E-state index in [0.717, 1.165) is 11.2 Å². The lowest BCUT2D eigenvalue weighted by atomic mass is 9.92. The zero-order valence-electron chi connectivity index (χ0n) is 12.5. The first-order valence-electron chi connectivity index (χ1n) is 6.78. The lowest BCUT2D eigenvalue weighted by molar-refractivity contribution is -0.137. The fourth-order valence-electron chi connectivity index (χ4n) is 1.95. The monoisotopic (exact) mass is 288 g/mol. The number of hydrogen-bond donors (Lipinski definition) is 2. The molecule has 0 saturated heterocycles. The molecule has 1 unspecified atom stereocenters. The molecule has 6 nitrogen and oxygen atoms in total. The minimum atomic E-state index is -0.936. The number of carbonyl (C=O) groups is 1. The van der Waals surface area contributed by atoms with Crippen LogP contribution in [0.1, 0.15) is 32.9 Å². The van der Waals surface area contributed by atoms with Crippen LogP contribution in [-0.4, -0.2) is 31.7 Å². The summed E-state index contributed by atoms with van der Waals surface area (Å²) >= 11 is 0. The van der Waals surface area contributed by atoms with Gasteiger partial charge >= 0.3 is 5.97 Å². The van der Waals surface area contributed by atoms with E-state index in [-0.39, 0.29) is 5.41 Å². The second-order valence-electron chi connectivity index (χ2n) is 5.94. The van der Waals surface area contributed by atoms with E-state index in [1.54, 1.807) is 23.0 Å². The Kier molecular flexibility index (Phi) is 3.97. The van der Waals surface area contributed by atoms with Gasteiger partial charge in [-0.25, -0.2) is 14.3 Å². The van der Waals surface area contributed by atoms with E-state index in [1.165, 1.54) is 0 Å². The Balaban J connectivity index is 2.42. The average Bonchev–Trinajstić information content (AvgIpc) is 2.83. The summed E-state index contributed by atoms with van der Waals surface area (Å²) in [6, 6.07) is 1.18. The number of carboxylic acids is 1. The number of nitrogens with zero attached hydrogens (tertiary/aromatic N) is 3. The van der Waals surface area contributed by atoms with Gasteiger partial charge in [0.2, 0.25) is 0 Å². The Morgan fingerprint density at radius 3 is 2.86 bits per heavy atom. The summed E-state index contributed by atoms with van der Waals surface area (Å²) in [5.74, 6) is -0.427. The largest absolute Gasteiger partial charge is 0.480 e. The molecular formula is C15H20N4O2. The van der Waals surface area contributed by atoms with Crippen molar-refractivity contribution in [2.24, 2.45) is 0 Å². The minimum Gasteiger partial charge on any atom is -0.480 e. The van der Waals surface area contributed by atoms with Crippen LogP contribution in [-0.2, 0) is 10.2 Å². The molecule has 112 valence electrons. The van der Waals surface area contributed by atoms with Crippen LogP contribution in [0.15, 0.2) is 31.1 Å². The molecule has 0 bridgehead atoms. The summed E-state index contributed by atoms with van der Waals surface area (Å²) in [4.78, 5) is 15.5. The van der Waals surface area contributed by atoms with Crippen LogP contribution in [0.5, 0.6) is 0 Å². The van der Waals surface area contributed by atoms with Gasteiger partial charge in [0.05, 0.1) is 5.69 Å². The van der Waals surface area contributed by atoms with Crippen molar-refractivity contribution in [2.45, 2.75) is 38.6 Å². The van der Waals surface area contributed by atoms with Crippen LogP contribution < -0.4 is 5.32 Å². The molecule has 0 saturated carbocycles. The summed E-state index contributed by atoms with van der Waals surface area (Å²) in [5.41, 5.74) is 1.60. The van der Waals surface area contributed by atoms with Gasteiger partial charge in [-0.1, -0.05) is 26.8 Å². The van der Waals surface area contributed by atoms with Gasteiger partial charge < -0.3 is 10.4 Å². The molecule has 2 rings (SSSR count). The van der Waals surface area contributed by atoms with Gasteiger partial charge in [0.15, 0.2) is 5.82 Å². The molecule has 1 atom stereocenters. The van der Waals surface area contributed by atoms with E-state index in [2.05, 4.69) is 42.7 Å². The van der Waals surface area contributed by atoms with E-state index in [1.807, 2.05) is 6.07 Å². The van der Waals surface area contributed by atoms with Crippen molar-refractivity contribution in [3.05, 3.63) is 36.8 Å². The number of rotatable bonds is 5. The molecule has 21 heavy (non-hydrogen) atoms. The normalized spacial score (nSPS) is 13.1. The molecule has 2 aromatic heterocycles. The highest BCUT2D eigenvalue weighted by atomic mass is 16.4. The summed E-state index contributed by atoms with van der Waals surface area (Å²) in [6.07, 6.45) is 5.24. The van der Waals surface area contributed by atoms with Crippen molar-refractivity contribution in [3.63, 3.8) is 0 Å². The second-order valence-corrected chi connectivity index (χ2v) is 5.94. The van der Waals surface area contributed by atoms with Gasteiger partial charge in [0.25, 0.3) is 0 Å². The highest BCUT2D eigenvalue weighted by Gasteiger charge is 2.21. The van der Waals surface area contributed by atoms with Gasteiger partial charge in [0.1, 0.15) is 11.6 Å². The fraction of sp³-hybridized carbons (Fsp3) is 0.400. The van der Waals surface area contributed by atoms with Gasteiger partial charge in [-0.15, -0.1) is 6.58 Å². The van der Waals surface area contributed by atoms with Crippen molar-refractivity contribution in [1.29, 1.82) is 0 Å². The van der Waals surface area contributed by atoms with Crippen LogP contribution in [0, 0.1) is 0 Å². The van der Waals surface area contributed by atoms with Crippen molar-refractivity contribution in [3.8, 4) is 0 Å². The molecule has 2 N–H and O–H groups in total. The summed E-state index contributed by atoms with van der Waals surface area (Å²) in [6.45, 7) is 9.81. The molecule has 6 heteroatoms. The molecule has 0 aliphatic rings. The first-order chi connectivity index (χ1) is 9.82. The van der Waals surface area contributed by atoms with Gasteiger partial charge in [-0.05, 0) is 12.5 Å². The molecule has 2 aromatic rings. The predicted molar refractivity (Wildman–Crippen MR) is 81.5 cm³/mol. The van der Waals surface area contributed by atoms with E-state index in [4.69, 9.17) is 0 Å². The van der Waals surface area contributed by atoms with Crippen molar-refractivity contribution in [2.75, 3.05) is 5.32 Å². The Hall–Kier alpha value is -2.37. The van der Waals surface area contributed by atoms with E-state index >= 15 is 0 Å². The highest BCUT2D eigenvalue weighted by Crippen LogP contribution is 2.25. The van der Waals surface area contributed by atoms with Gasteiger partial charge in [-0.3, -0.25) is 0 Å². The van der Waals surface area contributed by atoms with Crippen molar-refractivity contribution < 1.29 is 9.90 Å². The molecule has 0 amide bonds. The number of anilines is 1. The zero-order chi connectivity index (χ0) is 15.6. The predicted octanol–water partition coefficient (Wildman–Crippen LogP) is 2.47. The van der Waals surface area contributed by atoms with Crippen LogP contribution in [0.2, 0.25) is 0 Å². The molecule has 0 radical (unpaired) electrons. The smallest absolute Gasteiger partial charge is 0.326 e. The topological polar surface area (TPSA) is 79.5 Å². The molecule has 0 fully saturated rings. The number of nitrogens with one attached hydrogen (secondary N) is 1. The van der Waals surface area contributed by atoms with Crippen molar-refractivity contribution in [1.82, 2.24) is 14.6 Å². The minimum absolute atomic E-state index is 0.0867. The number of aliphatic carboxylic acids is 1. The van der Waals surface area contributed by atoms with Crippen molar-refractivity contribution >= 4 is 17.3 Å².